The van der Waals surface area contributed by atoms with Crippen LogP contribution in [0.25, 0.3) is 0 Å². The molecule has 1 heterocycles. The molecule has 0 spiro atoms. The van der Waals surface area contributed by atoms with Crippen molar-refractivity contribution in [2.24, 2.45) is 0 Å². The number of quaternary nitrogens is 1. The van der Waals surface area contributed by atoms with Crippen molar-refractivity contribution in [2.75, 3.05) is 46.9 Å². The third kappa shape index (κ3) is 9.71. The lowest BCUT2D eigenvalue weighted by Gasteiger charge is -2.27. The fraction of sp³-hybridized carbons (Fsp3) is 0.789. The van der Waals surface area contributed by atoms with Gasteiger partial charge in [-0.1, -0.05) is 25.3 Å². The molecule has 1 aliphatic heterocycles. The highest BCUT2D eigenvalue weighted by molar-refractivity contribution is 5.87. The van der Waals surface area contributed by atoms with Gasteiger partial charge in [-0.25, -0.2) is 0 Å². The molecule has 0 aromatic heterocycles. The molecule has 0 radical (unpaired) electrons. The highest BCUT2D eigenvalue weighted by atomic mass is 16.5. The average molecular weight is 340 g/mol. The van der Waals surface area contributed by atoms with Crippen molar-refractivity contribution in [1.29, 1.82) is 0 Å². The summed E-state index contributed by atoms with van der Waals surface area (Å²) in [6.07, 6.45) is 11.3. The molecule has 0 aromatic carbocycles. The number of unbranched alkanes of at least 4 members (excludes halogenated alkanes) is 5. The van der Waals surface area contributed by atoms with Crippen molar-refractivity contribution in [3.8, 4) is 0 Å². The predicted octanol–water partition coefficient (Wildman–Crippen LogP) is 2.76. The normalized spacial score (nSPS) is 17.7. The fourth-order valence-electron chi connectivity index (χ4n) is 2.93. The van der Waals surface area contributed by atoms with E-state index < -0.39 is 0 Å². The first-order valence-electron chi connectivity index (χ1n) is 9.31. The number of ether oxygens (including phenoxy) is 1. The standard InChI is InChI=1S/C19H35N2O3/c1-18(22)24-17-10-8-6-4-5-7-9-12-19(23)20-13-11-15-21(2,3)16-14-20/h9,12H,4-8,10-11,13-17H2,1-3H3/q+1/b12-9+. The molecule has 0 atom stereocenters. The van der Waals surface area contributed by atoms with Gasteiger partial charge < -0.3 is 14.1 Å². The van der Waals surface area contributed by atoms with Gasteiger partial charge in [0.15, 0.2) is 0 Å². The predicted molar refractivity (Wildman–Crippen MR) is 96.5 cm³/mol. The van der Waals surface area contributed by atoms with Gasteiger partial charge in [0, 0.05) is 19.9 Å². The molecule has 0 saturated carbocycles. The van der Waals surface area contributed by atoms with Crippen LogP contribution in [0, 0.1) is 0 Å². The first-order valence-corrected chi connectivity index (χ1v) is 9.31. The number of carbonyl (C=O) groups is 2. The first-order chi connectivity index (χ1) is 11.4. The lowest BCUT2D eigenvalue weighted by molar-refractivity contribution is -0.888. The highest BCUT2D eigenvalue weighted by Gasteiger charge is 2.23. The number of nitrogens with zero attached hydrogens (tertiary/aromatic N) is 2. The molecule has 1 aliphatic rings. The third-order valence-corrected chi connectivity index (χ3v) is 4.56. The monoisotopic (exact) mass is 339 g/mol. The van der Waals surface area contributed by atoms with Crippen molar-refractivity contribution < 1.29 is 18.8 Å². The van der Waals surface area contributed by atoms with Gasteiger partial charge in [0.1, 0.15) is 0 Å². The van der Waals surface area contributed by atoms with E-state index in [4.69, 9.17) is 4.74 Å². The van der Waals surface area contributed by atoms with Crippen molar-refractivity contribution in [1.82, 2.24) is 4.90 Å². The van der Waals surface area contributed by atoms with Gasteiger partial charge in [0.05, 0.1) is 40.3 Å². The Morgan fingerprint density at radius 1 is 1.04 bits per heavy atom. The Labute approximate surface area is 147 Å². The van der Waals surface area contributed by atoms with Crippen LogP contribution in [-0.4, -0.2) is 68.1 Å². The van der Waals surface area contributed by atoms with Crippen LogP contribution in [0.3, 0.4) is 0 Å². The minimum atomic E-state index is -0.197. The minimum Gasteiger partial charge on any atom is -0.466 e. The summed E-state index contributed by atoms with van der Waals surface area (Å²) in [5.74, 6) is -0.0324. The Morgan fingerprint density at radius 2 is 1.75 bits per heavy atom. The van der Waals surface area contributed by atoms with E-state index in [9.17, 15) is 9.59 Å². The van der Waals surface area contributed by atoms with Crippen molar-refractivity contribution in [3.63, 3.8) is 0 Å². The lowest BCUT2D eigenvalue weighted by Crippen LogP contribution is -2.43. The number of hydrogen-bond acceptors (Lipinski definition) is 3. The van der Waals surface area contributed by atoms with Crippen LogP contribution in [0.1, 0.15) is 51.9 Å². The van der Waals surface area contributed by atoms with E-state index in [1.54, 1.807) is 6.08 Å². The molecule has 1 fully saturated rings. The molecule has 1 amide bonds. The van der Waals surface area contributed by atoms with E-state index in [-0.39, 0.29) is 11.9 Å². The van der Waals surface area contributed by atoms with E-state index >= 15 is 0 Å². The van der Waals surface area contributed by atoms with Gasteiger partial charge in [-0.2, -0.15) is 0 Å². The summed E-state index contributed by atoms with van der Waals surface area (Å²) < 4.78 is 5.90. The number of carbonyl (C=O) groups excluding carboxylic acids is 2. The van der Waals surface area contributed by atoms with Crippen LogP contribution in [0.4, 0.5) is 0 Å². The maximum Gasteiger partial charge on any atom is 0.302 e. The molecule has 5 heteroatoms. The largest absolute Gasteiger partial charge is 0.466 e. The van der Waals surface area contributed by atoms with E-state index in [0.29, 0.717) is 6.61 Å². The number of allylic oxidation sites excluding steroid dienone is 1. The summed E-state index contributed by atoms with van der Waals surface area (Å²) in [6.45, 7) is 5.90. The maximum absolute atomic E-state index is 12.2. The van der Waals surface area contributed by atoms with Crippen LogP contribution in [0.5, 0.6) is 0 Å². The molecular weight excluding hydrogens is 304 g/mol. The van der Waals surface area contributed by atoms with Crippen LogP contribution in [0.2, 0.25) is 0 Å². The Hall–Kier alpha value is -1.36. The Balaban J connectivity index is 2.06. The summed E-state index contributed by atoms with van der Waals surface area (Å²) in [7, 11) is 4.46. The first kappa shape index (κ1) is 20.7. The fourth-order valence-corrected chi connectivity index (χ4v) is 2.93. The zero-order valence-corrected chi connectivity index (χ0v) is 15.8. The molecule has 24 heavy (non-hydrogen) atoms. The van der Waals surface area contributed by atoms with E-state index in [0.717, 1.165) is 75.6 Å². The SMILES string of the molecule is CC(=O)OCCCCCCC/C=C/C(=O)N1CCC[N+](C)(C)CC1. The quantitative estimate of drug-likeness (QED) is 0.281. The second kappa shape index (κ2) is 11.2. The van der Waals surface area contributed by atoms with Crippen LogP contribution in [0.15, 0.2) is 12.2 Å². The lowest BCUT2D eigenvalue weighted by atomic mass is 10.1. The molecule has 0 N–H and O–H groups in total. The van der Waals surface area contributed by atoms with Gasteiger partial charge in [0.2, 0.25) is 5.91 Å². The van der Waals surface area contributed by atoms with E-state index in [1.165, 1.54) is 6.92 Å². The van der Waals surface area contributed by atoms with Gasteiger partial charge in [0.25, 0.3) is 0 Å². The maximum atomic E-state index is 12.2. The van der Waals surface area contributed by atoms with Gasteiger partial charge in [-0.05, 0) is 25.3 Å². The number of rotatable bonds is 9. The van der Waals surface area contributed by atoms with Crippen molar-refractivity contribution >= 4 is 11.9 Å². The highest BCUT2D eigenvalue weighted by Crippen LogP contribution is 2.09. The summed E-state index contributed by atoms with van der Waals surface area (Å²) in [5.41, 5.74) is 0. The molecule has 1 rings (SSSR count). The molecule has 1 saturated heterocycles. The summed E-state index contributed by atoms with van der Waals surface area (Å²) in [6, 6.07) is 0. The van der Waals surface area contributed by atoms with E-state index in [1.807, 2.05) is 11.0 Å². The minimum absolute atomic E-state index is 0.165. The van der Waals surface area contributed by atoms with Crippen LogP contribution < -0.4 is 0 Å². The van der Waals surface area contributed by atoms with Gasteiger partial charge in [-0.15, -0.1) is 0 Å². The number of amides is 1. The Bertz CT molecular complexity index is 419. The zero-order valence-electron chi connectivity index (χ0n) is 15.8. The third-order valence-electron chi connectivity index (χ3n) is 4.56. The summed E-state index contributed by atoms with van der Waals surface area (Å²) >= 11 is 0. The number of esters is 1. The number of likely N-dealkylation sites (N-methyl/N-ethyl adjacent to an activating group) is 1. The molecule has 5 nitrogen and oxygen atoms in total. The second-order valence-corrected chi connectivity index (χ2v) is 7.36. The van der Waals surface area contributed by atoms with Gasteiger partial charge >= 0.3 is 5.97 Å². The second-order valence-electron chi connectivity index (χ2n) is 7.36. The van der Waals surface area contributed by atoms with Crippen molar-refractivity contribution in [2.45, 2.75) is 51.9 Å². The molecule has 0 aliphatic carbocycles. The smallest absolute Gasteiger partial charge is 0.302 e. The number of hydrogen-bond donors (Lipinski definition) is 0. The zero-order chi connectivity index (χ0) is 17.8. The topological polar surface area (TPSA) is 46.6 Å². The molecule has 0 unspecified atom stereocenters. The Morgan fingerprint density at radius 3 is 2.50 bits per heavy atom. The molecular formula is C19H35N2O3+. The average Bonchev–Trinajstić information content (AvgIpc) is 2.69. The van der Waals surface area contributed by atoms with Crippen LogP contribution in [-0.2, 0) is 14.3 Å². The van der Waals surface area contributed by atoms with Gasteiger partial charge in [-0.3, -0.25) is 9.59 Å². The van der Waals surface area contributed by atoms with Crippen molar-refractivity contribution in [3.05, 3.63) is 12.2 Å². The Kier molecular flexibility index (Phi) is 9.69. The summed E-state index contributed by atoms with van der Waals surface area (Å²) in [4.78, 5) is 24.8. The molecule has 138 valence electrons. The van der Waals surface area contributed by atoms with E-state index in [2.05, 4.69) is 14.1 Å². The molecule has 0 aromatic rings. The van der Waals surface area contributed by atoms with Crippen LogP contribution >= 0.6 is 0 Å². The summed E-state index contributed by atoms with van der Waals surface area (Å²) in [5, 5.41) is 0. The molecule has 0 bridgehead atoms.